The Kier molecular flexibility index (Phi) is 4.62. The summed E-state index contributed by atoms with van der Waals surface area (Å²) >= 11 is 0. The molecule has 0 radical (unpaired) electrons. The predicted molar refractivity (Wildman–Crippen MR) is 55.9 cm³/mol. The number of nitrogens with two attached hydrogens (primary N) is 1. The molecule has 0 aromatic carbocycles. The van der Waals surface area contributed by atoms with Crippen LogP contribution in [0.15, 0.2) is 12.4 Å². The molecule has 0 amide bonds. The highest BCUT2D eigenvalue weighted by atomic mass is 16.5. The van der Waals surface area contributed by atoms with Gasteiger partial charge in [-0.05, 0) is 13.3 Å². The average molecular weight is 197 g/mol. The number of ether oxygens (including phenoxy) is 1. The Morgan fingerprint density at radius 3 is 3.00 bits per heavy atom. The third kappa shape index (κ3) is 2.82. The third-order valence-electron chi connectivity index (χ3n) is 2.07. The molecular weight excluding hydrogens is 178 g/mol. The van der Waals surface area contributed by atoms with E-state index in [0.29, 0.717) is 6.61 Å². The van der Waals surface area contributed by atoms with Crippen molar-refractivity contribution in [2.45, 2.75) is 32.9 Å². The van der Waals surface area contributed by atoms with Gasteiger partial charge in [-0.25, -0.2) is 4.98 Å². The first kappa shape index (κ1) is 11.2. The van der Waals surface area contributed by atoms with Crippen LogP contribution in [0.4, 0.5) is 0 Å². The number of aromatic nitrogens is 2. The molecule has 0 saturated carbocycles. The van der Waals surface area contributed by atoms with Crippen LogP contribution in [0.1, 0.15) is 32.1 Å². The minimum Gasteiger partial charge on any atom is -0.379 e. The van der Waals surface area contributed by atoms with Gasteiger partial charge in [-0.3, -0.25) is 0 Å². The Morgan fingerprint density at radius 2 is 2.36 bits per heavy atom. The summed E-state index contributed by atoms with van der Waals surface area (Å²) < 4.78 is 7.43. The molecule has 4 nitrogen and oxygen atoms in total. The van der Waals surface area contributed by atoms with Crippen LogP contribution in [0.5, 0.6) is 0 Å². The first-order valence-corrected chi connectivity index (χ1v) is 5.13. The maximum absolute atomic E-state index is 5.95. The van der Waals surface area contributed by atoms with Crippen molar-refractivity contribution in [3.05, 3.63) is 18.2 Å². The minimum absolute atomic E-state index is 0.114. The van der Waals surface area contributed by atoms with Gasteiger partial charge in [0.2, 0.25) is 0 Å². The van der Waals surface area contributed by atoms with E-state index in [0.717, 1.165) is 25.4 Å². The van der Waals surface area contributed by atoms with Crippen LogP contribution in [0.25, 0.3) is 0 Å². The Morgan fingerprint density at radius 1 is 1.57 bits per heavy atom. The second-order valence-corrected chi connectivity index (χ2v) is 3.25. The molecule has 0 aliphatic heterocycles. The molecule has 80 valence electrons. The molecule has 0 aliphatic rings. The molecule has 0 bridgehead atoms. The molecule has 0 saturated heterocycles. The summed E-state index contributed by atoms with van der Waals surface area (Å²) in [7, 11) is 0. The molecule has 0 fully saturated rings. The second kappa shape index (κ2) is 5.78. The molecule has 1 rings (SSSR count). The van der Waals surface area contributed by atoms with Gasteiger partial charge in [0.05, 0.1) is 12.6 Å². The van der Waals surface area contributed by atoms with Crippen LogP contribution in [-0.2, 0) is 11.3 Å². The lowest BCUT2D eigenvalue weighted by Crippen LogP contribution is -2.21. The monoisotopic (exact) mass is 197 g/mol. The standard InChI is InChI=1S/C10H19N3O/c1-3-7-14-8-9(11)10-12-5-6-13(10)4-2/h5-6,9H,3-4,7-8,11H2,1-2H3. The van der Waals surface area contributed by atoms with Crippen molar-refractivity contribution in [3.63, 3.8) is 0 Å². The second-order valence-electron chi connectivity index (χ2n) is 3.25. The summed E-state index contributed by atoms with van der Waals surface area (Å²) in [6.07, 6.45) is 4.74. The molecule has 1 atom stereocenters. The average Bonchev–Trinajstić information content (AvgIpc) is 2.65. The van der Waals surface area contributed by atoms with E-state index >= 15 is 0 Å². The maximum atomic E-state index is 5.95. The zero-order valence-corrected chi connectivity index (χ0v) is 8.94. The first-order chi connectivity index (χ1) is 6.79. The SMILES string of the molecule is CCCOCC(N)c1nccn1CC. The number of aryl methyl sites for hydroxylation is 1. The van der Waals surface area contributed by atoms with E-state index in [-0.39, 0.29) is 6.04 Å². The van der Waals surface area contributed by atoms with Crippen LogP contribution in [0.2, 0.25) is 0 Å². The number of hydrogen-bond acceptors (Lipinski definition) is 3. The molecule has 0 spiro atoms. The van der Waals surface area contributed by atoms with Crippen molar-refractivity contribution in [1.82, 2.24) is 9.55 Å². The van der Waals surface area contributed by atoms with E-state index in [4.69, 9.17) is 10.5 Å². The van der Waals surface area contributed by atoms with Crippen LogP contribution >= 0.6 is 0 Å². The Labute approximate surface area is 85.1 Å². The highest BCUT2D eigenvalue weighted by Crippen LogP contribution is 2.08. The molecule has 1 aromatic heterocycles. The van der Waals surface area contributed by atoms with Crippen molar-refractivity contribution < 1.29 is 4.74 Å². The molecule has 1 aromatic rings. The van der Waals surface area contributed by atoms with E-state index in [2.05, 4.69) is 18.8 Å². The molecule has 1 heterocycles. The van der Waals surface area contributed by atoms with Gasteiger partial charge in [0, 0.05) is 25.5 Å². The van der Waals surface area contributed by atoms with Gasteiger partial charge < -0.3 is 15.0 Å². The van der Waals surface area contributed by atoms with Crippen LogP contribution in [0, 0.1) is 0 Å². The zero-order chi connectivity index (χ0) is 10.4. The molecular formula is C10H19N3O. The van der Waals surface area contributed by atoms with Gasteiger partial charge in [-0.1, -0.05) is 6.92 Å². The highest BCUT2D eigenvalue weighted by Gasteiger charge is 2.11. The molecule has 1 unspecified atom stereocenters. The zero-order valence-electron chi connectivity index (χ0n) is 8.94. The van der Waals surface area contributed by atoms with Crippen molar-refractivity contribution >= 4 is 0 Å². The van der Waals surface area contributed by atoms with Crippen molar-refractivity contribution in [1.29, 1.82) is 0 Å². The summed E-state index contributed by atoms with van der Waals surface area (Å²) in [6.45, 7) is 6.37. The van der Waals surface area contributed by atoms with Crippen LogP contribution in [0.3, 0.4) is 0 Å². The minimum atomic E-state index is -0.114. The van der Waals surface area contributed by atoms with Gasteiger partial charge in [-0.2, -0.15) is 0 Å². The van der Waals surface area contributed by atoms with E-state index in [1.165, 1.54) is 0 Å². The number of imidazole rings is 1. The lowest BCUT2D eigenvalue weighted by atomic mass is 10.3. The Bertz CT molecular complexity index is 260. The van der Waals surface area contributed by atoms with E-state index < -0.39 is 0 Å². The van der Waals surface area contributed by atoms with E-state index in [1.54, 1.807) is 6.20 Å². The molecule has 14 heavy (non-hydrogen) atoms. The number of nitrogens with zero attached hydrogens (tertiary/aromatic N) is 2. The third-order valence-corrected chi connectivity index (χ3v) is 2.07. The summed E-state index contributed by atoms with van der Waals surface area (Å²) in [5.41, 5.74) is 5.95. The quantitative estimate of drug-likeness (QED) is 0.700. The van der Waals surface area contributed by atoms with Gasteiger partial charge in [-0.15, -0.1) is 0 Å². The summed E-state index contributed by atoms with van der Waals surface area (Å²) in [5.74, 6) is 0.906. The summed E-state index contributed by atoms with van der Waals surface area (Å²) in [4.78, 5) is 4.22. The predicted octanol–water partition coefficient (Wildman–Crippen LogP) is 1.33. The fourth-order valence-electron chi connectivity index (χ4n) is 1.35. The smallest absolute Gasteiger partial charge is 0.127 e. The molecule has 0 aliphatic carbocycles. The highest BCUT2D eigenvalue weighted by molar-refractivity contribution is 4.98. The fraction of sp³-hybridized carbons (Fsp3) is 0.700. The van der Waals surface area contributed by atoms with Gasteiger partial charge in [0.15, 0.2) is 0 Å². The number of rotatable bonds is 6. The Hall–Kier alpha value is -0.870. The topological polar surface area (TPSA) is 53.1 Å². The van der Waals surface area contributed by atoms with Crippen molar-refractivity contribution in [2.75, 3.05) is 13.2 Å². The first-order valence-electron chi connectivity index (χ1n) is 5.13. The van der Waals surface area contributed by atoms with Crippen LogP contribution < -0.4 is 5.73 Å². The number of hydrogen-bond donors (Lipinski definition) is 1. The Balaban J connectivity index is 2.47. The van der Waals surface area contributed by atoms with Gasteiger partial charge >= 0.3 is 0 Å². The normalized spacial score (nSPS) is 13.1. The van der Waals surface area contributed by atoms with E-state index in [9.17, 15) is 0 Å². The lowest BCUT2D eigenvalue weighted by Gasteiger charge is -2.12. The molecule has 4 heteroatoms. The van der Waals surface area contributed by atoms with Crippen molar-refractivity contribution in [2.24, 2.45) is 5.73 Å². The van der Waals surface area contributed by atoms with Gasteiger partial charge in [0.25, 0.3) is 0 Å². The van der Waals surface area contributed by atoms with Crippen LogP contribution in [-0.4, -0.2) is 22.8 Å². The van der Waals surface area contributed by atoms with Gasteiger partial charge in [0.1, 0.15) is 5.82 Å². The summed E-state index contributed by atoms with van der Waals surface area (Å²) in [6, 6.07) is -0.114. The van der Waals surface area contributed by atoms with Crippen molar-refractivity contribution in [3.8, 4) is 0 Å². The maximum Gasteiger partial charge on any atom is 0.127 e. The summed E-state index contributed by atoms with van der Waals surface area (Å²) in [5, 5.41) is 0. The lowest BCUT2D eigenvalue weighted by molar-refractivity contribution is 0.119. The largest absolute Gasteiger partial charge is 0.379 e. The fourth-order valence-corrected chi connectivity index (χ4v) is 1.35. The van der Waals surface area contributed by atoms with E-state index in [1.807, 2.05) is 10.8 Å². The molecule has 2 N–H and O–H groups in total.